The molecule has 0 aromatic carbocycles. The zero-order chi connectivity index (χ0) is 30.5. The number of hydrogen-bond acceptors (Lipinski definition) is 10. The van der Waals surface area contributed by atoms with E-state index in [2.05, 4.69) is 34.0 Å². The SMILES string of the molecule is CO[C@@H]1CCN(c2nccc(Nc3cc4c(C(C)C)cnc(N5CCC56CN(C(=O)OC(C)(C)C)C6)c4cn3)n2)C[C@@H]1F. The Labute approximate surface area is 251 Å². The van der Waals surface area contributed by atoms with Gasteiger partial charge in [0, 0.05) is 57.3 Å². The number of ether oxygens (including phenoxy) is 2. The molecule has 0 saturated carbocycles. The molecule has 0 aliphatic carbocycles. The molecule has 0 unspecified atom stereocenters. The van der Waals surface area contributed by atoms with Gasteiger partial charge in [0.1, 0.15) is 29.2 Å². The molecule has 0 bridgehead atoms. The topological polar surface area (TPSA) is 109 Å². The van der Waals surface area contributed by atoms with E-state index in [-0.39, 0.29) is 24.1 Å². The van der Waals surface area contributed by atoms with Crippen LogP contribution in [0.4, 0.5) is 32.6 Å². The number of nitrogens with zero attached hydrogens (tertiary/aromatic N) is 7. The molecule has 6 rings (SSSR count). The van der Waals surface area contributed by atoms with Crippen LogP contribution in [0.5, 0.6) is 0 Å². The van der Waals surface area contributed by atoms with Crippen LogP contribution in [-0.4, -0.2) is 94.2 Å². The first-order valence-corrected chi connectivity index (χ1v) is 15.0. The van der Waals surface area contributed by atoms with E-state index in [1.807, 2.05) is 44.1 Å². The Morgan fingerprint density at radius 3 is 2.56 bits per heavy atom. The molecule has 2 atom stereocenters. The summed E-state index contributed by atoms with van der Waals surface area (Å²) in [5.41, 5.74) is 0.481. The number of fused-ring (bicyclic) bond motifs is 1. The van der Waals surface area contributed by atoms with Crippen molar-refractivity contribution in [2.45, 2.75) is 76.8 Å². The minimum atomic E-state index is -1.09. The van der Waals surface area contributed by atoms with Crippen molar-refractivity contribution in [2.24, 2.45) is 0 Å². The van der Waals surface area contributed by atoms with E-state index in [1.165, 1.54) is 0 Å². The first-order valence-electron chi connectivity index (χ1n) is 15.0. The molecule has 3 aromatic heterocycles. The highest BCUT2D eigenvalue weighted by molar-refractivity contribution is 5.96. The maximum absolute atomic E-state index is 14.5. The summed E-state index contributed by atoms with van der Waals surface area (Å²) >= 11 is 0. The third kappa shape index (κ3) is 5.64. The van der Waals surface area contributed by atoms with E-state index >= 15 is 0 Å². The van der Waals surface area contributed by atoms with Gasteiger partial charge in [0.05, 0.1) is 18.2 Å². The standard InChI is InChI=1S/C31H41FN8O3/c1-19(2)21-14-35-27(40-12-9-31(40)17-39(18-31)29(41)43-30(3,4)5)22-15-34-26(13-20(21)22)36-25-7-10-33-28(37-25)38-11-8-24(42-6)23(32)16-38/h7,10,13-15,19,23-24H,8-9,11-12,16-18H2,1-6H3,(H,33,34,36,37)/t23-,24+/m0/s1. The summed E-state index contributed by atoms with van der Waals surface area (Å²) in [6.07, 6.45) is 5.32. The van der Waals surface area contributed by atoms with E-state index < -0.39 is 17.9 Å². The molecular weight excluding hydrogens is 551 g/mol. The minimum absolute atomic E-state index is 0.124. The lowest BCUT2D eigenvalue weighted by Gasteiger charge is -2.62. The van der Waals surface area contributed by atoms with Crippen LogP contribution >= 0.6 is 0 Å². The molecule has 3 aliphatic rings. The number of rotatable bonds is 6. The van der Waals surface area contributed by atoms with E-state index in [4.69, 9.17) is 19.4 Å². The van der Waals surface area contributed by atoms with Gasteiger partial charge in [-0.1, -0.05) is 13.8 Å². The van der Waals surface area contributed by atoms with E-state index in [0.29, 0.717) is 43.6 Å². The lowest BCUT2D eigenvalue weighted by atomic mass is 9.77. The maximum atomic E-state index is 14.5. The van der Waals surface area contributed by atoms with Crippen molar-refractivity contribution in [1.29, 1.82) is 0 Å². The smallest absolute Gasteiger partial charge is 0.410 e. The lowest BCUT2D eigenvalue weighted by Crippen LogP contribution is -2.78. The van der Waals surface area contributed by atoms with Gasteiger partial charge in [0.25, 0.3) is 0 Å². The van der Waals surface area contributed by atoms with Gasteiger partial charge in [0.15, 0.2) is 0 Å². The van der Waals surface area contributed by atoms with Gasteiger partial charge in [-0.05, 0) is 62.6 Å². The van der Waals surface area contributed by atoms with Gasteiger partial charge < -0.3 is 29.5 Å². The van der Waals surface area contributed by atoms with Crippen molar-refractivity contribution in [3.63, 3.8) is 0 Å². The summed E-state index contributed by atoms with van der Waals surface area (Å²) in [5, 5.41) is 5.37. The predicted octanol–water partition coefficient (Wildman–Crippen LogP) is 5.05. The molecular formula is C31H41FN8O3. The Morgan fingerprint density at radius 1 is 1.12 bits per heavy atom. The molecule has 230 valence electrons. The van der Waals surface area contributed by atoms with Crippen molar-refractivity contribution in [2.75, 3.05) is 55.0 Å². The van der Waals surface area contributed by atoms with Crippen LogP contribution < -0.4 is 15.1 Å². The number of piperidine rings is 1. The van der Waals surface area contributed by atoms with Gasteiger partial charge in [0.2, 0.25) is 5.95 Å². The fourth-order valence-corrected chi connectivity index (χ4v) is 6.24. The van der Waals surface area contributed by atoms with Crippen molar-refractivity contribution in [1.82, 2.24) is 24.8 Å². The molecule has 6 heterocycles. The molecule has 3 saturated heterocycles. The molecule has 3 fully saturated rings. The van der Waals surface area contributed by atoms with Crippen molar-refractivity contribution in [3.05, 3.63) is 36.3 Å². The van der Waals surface area contributed by atoms with Crippen LogP contribution in [-0.2, 0) is 9.47 Å². The third-order valence-electron chi connectivity index (χ3n) is 8.62. The lowest BCUT2D eigenvalue weighted by molar-refractivity contribution is -0.0222. The Hall–Kier alpha value is -3.80. The first-order chi connectivity index (χ1) is 20.5. The van der Waals surface area contributed by atoms with E-state index in [1.54, 1.807) is 24.3 Å². The molecule has 12 heteroatoms. The van der Waals surface area contributed by atoms with E-state index in [9.17, 15) is 9.18 Å². The summed E-state index contributed by atoms with van der Waals surface area (Å²) in [6.45, 7) is 12.9. The number of hydrogen-bond donors (Lipinski definition) is 1. The second-order valence-corrected chi connectivity index (χ2v) is 13.2. The minimum Gasteiger partial charge on any atom is -0.444 e. The summed E-state index contributed by atoms with van der Waals surface area (Å²) in [4.78, 5) is 37.2. The summed E-state index contributed by atoms with van der Waals surface area (Å²) < 4.78 is 25.3. The Balaban J connectivity index is 1.23. The van der Waals surface area contributed by atoms with Crippen LogP contribution in [0.15, 0.2) is 30.7 Å². The monoisotopic (exact) mass is 592 g/mol. The van der Waals surface area contributed by atoms with Gasteiger partial charge >= 0.3 is 6.09 Å². The van der Waals surface area contributed by atoms with E-state index in [0.717, 1.165) is 35.1 Å². The fourth-order valence-electron chi connectivity index (χ4n) is 6.24. The second kappa shape index (κ2) is 11.0. The summed E-state index contributed by atoms with van der Waals surface area (Å²) in [7, 11) is 1.54. The quantitative estimate of drug-likeness (QED) is 0.418. The number of carbonyl (C=O) groups is 1. The molecule has 0 radical (unpaired) electrons. The molecule has 1 N–H and O–H groups in total. The Bertz CT molecular complexity index is 1510. The average Bonchev–Trinajstić information content (AvgIpc) is 2.91. The highest BCUT2D eigenvalue weighted by Gasteiger charge is 2.56. The predicted molar refractivity (Wildman–Crippen MR) is 164 cm³/mol. The van der Waals surface area contributed by atoms with Crippen LogP contribution in [0.1, 0.15) is 58.9 Å². The first kappa shape index (κ1) is 29.3. The number of amides is 1. The van der Waals surface area contributed by atoms with Crippen molar-refractivity contribution >= 4 is 40.3 Å². The number of pyridine rings is 2. The number of nitrogens with one attached hydrogen (secondary N) is 1. The zero-order valence-electron chi connectivity index (χ0n) is 25.8. The van der Waals surface area contributed by atoms with Crippen molar-refractivity contribution < 1.29 is 18.7 Å². The van der Waals surface area contributed by atoms with Crippen LogP contribution in [0.2, 0.25) is 0 Å². The number of aromatic nitrogens is 4. The number of likely N-dealkylation sites (tertiary alicyclic amines) is 1. The van der Waals surface area contributed by atoms with Crippen LogP contribution in [0.3, 0.4) is 0 Å². The Morgan fingerprint density at radius 2 is 1.91 bits per heavy atom. The second-order valence-electron chi connectivity index (χ2n) is 13.2. The zero-order valence-corrected chi connectivity index (χ0v) is 25.8. The number of carbonyl (C=O) groups excluding carboxylic acids is 1. The number of anilines is 4. The highest BCUT2D eigenvalue weighted by atomic mass is 19.1. The molecule has 3 aliphatic heterocycles. The fraction of sp³-hybridized carbons (Fsp3) is 0.581. The highest BCUT2D eigenvalue weighted by Crippen LogP contribution is 2.45. The molecule has 11 nitrogen and oxygen atoms in total. The van der Waals surface area contributed by atoms with Gasteiger partial charge in [-0.15, -0.1) is 0 Å². The average molecular weight is 593 g/mol. The maximum Gasteiger partial charge on any atom is 0.410 e. The van der Waals surface area contributed by atoms with Crippen LogP contribution in [0.25, 0.3) is 10.8 Å². The van der Waals surface area contributed by atoms with Gasteiger partial charge in [-0.2, -0.15) is 4.98 Å². The summed E-state index contributed by atoms with van der Waals surface area (Å²) in [5.74, 6) is 2.85. The van der Waals surface area contributed by atoms with Gasteiger partial charge in [-0.25, -0.2) is 24.1 Å². The van der Waals surface area contributed by atoms with Gasteiger partial charge in [-0.3, -0.25) is 0 Å². The number of halogens is 1. The number of methoxy groups -OCH3 is 1. The molecule has 1 spiro atoms. The molecule has 3 aromatic rings. The number of alkyl halides is 1. The third-order valence-corrected chi connectivity index (χ3v) is 8.62. The summed E-state index contributed by atoms with van der Waals surface area (Å²) in [6, 6.07) is 3.82. The Kier molecular flexibility index (Phi) is 7.52. The normalized spacial score (nSPS) is 21.6. The molecule has 1 amide bonds. The van der Waals surface area contributed by atoms with Crippen molar-refractivity contribution in [3.8, 4) is 0 Å². The molecule has 43 heavy (non-hydrogen) atoms. The largest absolute Gasteiger partial charge is 0.444 e. The van der Waals surface area contributed by atoms with Crippen LogP contribution in [0, 0.1) is 0 Å².